The summed E-state index contributed by atoms with van der Waals surface area (Å²) < 4.78 is 37.0. The van der Waals surface area contributed by atoms with Crippen LogP contribution in [0, 0.1) is 11.3 Å². The standard InChI is InChI=1S/C10H4F3NO3/c11-10(12,13)6-2-1-5(4-14)7(3-6)8(15)9(16)17/h1-3H,(H,16,17). The summed E-state index contributed by atoms with van der Waals surface area (Å²) in [6, 6.07) is 3.19. The van der Waals surface area contributed by atoms with Crippen molar-refractivity contribution in [2.45, 2.75) is 6.18 Å². The molecule has 0 aliphatic carbocycles. The Balaban J connectivity index is 3.42. The molecule has 0 spiro atoms. The van der Waals surface area contributed by atoms with Crippen LogP contribution in [-0.2, 0) is 11.0 Å². The van der Waals surface area contributed by atoms with Crippen LogP contribution in [0.1, 0.15) is 21.5 Å². The first-order valence-corrected chi connectivity index (χ1v) is 4.16. The van der Waals surface area contributed by atoms with Crippen LogP contribution in [0.4, 0.5) is 13.2 Å². The van der Waals surface area contributed by atoms with Gasteiger partial charge in [-0.2, -0.15) is 18.4 Å². The Morgan fingerprint density at radius 3 is 2.29 bits per heavy atom. The Morgan fingerprint density at radius 2 is 1.88 bits per heavy atom. The molecule has 1 rings (SSSR count). The summed E-state index contributed by atoms with van der Waals surface area (Å²) in [5, 5.41) is 17.0. The number of aliphatic carboxylic acids is 1. The summed E-state index contributed by atoms with van der Waals surface area (Å²) in [5.41, 5.74) is -2.36. The Labute approximate surface area is 92.9 Å². The second-order valence-corrected chi connectivity index (χ2v) is 3.00. The minimum atomic E-state index is -4.71. The third-order valence-corrected chi connectivity index (χ3v) is 1.91. The molecule has 7 heteroatoms. The Kier molecular flexibility index (Phi) is 3.18. The van der Waals surface area contributed by atoms with Crippen LogP contribution in [0.3, 0.4) is 0 Å². The summed E-state index contributed by atoms with van der Waals surface area (Å²) in [6.07, 6.45) is -4.71. The van der Waals surface area contributed by atoms with Crippen molar-refractivity contribution in [3.63, 3.8) is 0 Å². The van der Waals surface area contributed by atoms with Gasteiger partial charge in [0.25, 0.3) is 5.78 Å². The van der Waals surface area contributed by atoms with E-state index < -0.39 is 34.6 Å². The van der Waals surface area contributed by atoms with Gasteiger partial charge in [0.15, 0.2) is 0 Å². The molecular weight excluding hydrogens is 239 g/mol. The molecule has 88 valence electrons. The lowest BCUT2D eigenvalue weighted by molar-refractivity contribution is -0.137. The third kappa shape index (κ3) is 2.60. The highest BCUT2D eigenvalue weighted by molar-refractivity contribution is 6.40. The molecule has 1 aromatic carbocycles. The van der Waals surface area contributed by atoms with Gasteiger partial charge in [0.05, 0.1) is 17.2 Å². The maximum atomic E-state index is 12.3. The molecular formula is C10H4F3NO3. The highest BCUT2D eigenvalue weighted by atomic mass is 19.4. The topological polar surface area (TPSA) is 78.2 Å². The van der Waals surface area contributed by atoms with Crippen molar-refractivity contribution in [3.05, 3.63) is 34.9 Å². The molecule has 0 fully saturated rings. The lowest BCUT2D eigenvalue weighted by atomic mass is 10.0. The number of benzene rings is 1. The van der Waals surface area contributed by atoms with Gasteiger partial charge >= 0.3 is 12.1 Å². The lowest BCUT2D eigenvalue weighted by Gasteiger charge is -2.08. The van der Waals surface area contributed by atoms with Gasteiger partial charge in [-0.3, -0.25) is 4.79 Å². The number of hydrogen-bond donors (Lipinski definition) is 1. The zero-order chi connectivity index (χ0) is 13.2. The van der Waals surface area contributed by atoms with Crippen molar-refractivity contribution in [3.8, 4) is 6.07 Å². The molecule has 17 heavy (non-hydrogen) atoms. The summed E-state index contributed by atoms with van der Waals surface area (Å²) >= 11 is 0. The summed E-state index contributed by atoms with van der Waals surface area (Å²) in [7, 11) is 0. The van der Waals surface area contributed by atoms with Crippen molar-refractivity contribution < 1.29 is 27.9 Å². The fraction of sp³-hybridized carbons (Fsp3) is 0.100. The van der Waals surface area contributed by atoms with E-state index >= 15 is 0 Å². The Morgan fingerprint density at radius 1 is 1.29 bits per heavy atom. The van der Waals surface area contributed by atoms with Crippen LogP contribution in [0.2, 0.25) is 0 Å². The zero-order valence-corrected chi connectivity index (χ0v) is 8.08. The van der Waals surface area contributed by atoms with Gasteiger partial charge in [0.1, 0.15) is 0 Å². The number of carbonyl (C=O) groups is 2. The number of carboxylic acids is 1. The van der Waals surface area contributed by atoms with Gasteiger partial charge in [-0.15, -0.1) is 0 Å². The first kappa shape index (κ1) is 12.7. The third-order valence-electron chi connectivity index (χ3n) is 1.91. The molecule has 0 bridgehead atoms. The monoisotopic (exact) mass is 243 g/mol. The van der Waals surface area contributed by atoms with E-state index in [-0.39, 0.29) is 0 Å². The predicted octanol–water partition coefficient (Wildman–Crippen LogP) is 1.84. The number of rotatable bonds is 2. The molecule has 0 amide bonds. The van der Waals surface area contributed by atoms with Crippen LogP contribution < -0.4 is 0 Å². The number of ketones is 1. The van der Waals surface area contributed by atoms with Gasteiger partial charge in [0, 0.05) is 5.56 Å². The Hall–Kier alpha value is -2.36. The minimum Gasteiger partial charge on any atom is -0.475 e. The van der Waals surface area contributed by atoms with Gasteiger partial charge in [-0.1, -0.05) is 0 Å². The second kappa shape index (κ2) is 4.25. The average molecular weight is 243 g/mol. The van der Waals surface area contributed by atoms with Crippen molar-refractivity contribution in [2.75, 3.05) is 0 Å². The van der Waals surface area contributed by atoms with E-state index in [1.807, 2.05) is 0 Å². The second-order valence-electron chi connectivity index (χ2n) is 3.00. The SMILES string of the molecule is N#Cc1ccc(C(F)(F)F)cc1C(=O)C(=O)O. The highest BCUT2D eigenvalue weighted by Crippen LogP contribution is 2.30. The van der Waals surface area contributed by atoms with Gasteiger partial charge in [0.2, 0.25) is 0 Å². The highest BCUT2D eigenvalue weighted by Gasteiger charge is 2.32. The molecule has 0 saturated heterocycles. The quantitative estimate of drug-likeness (QED) is 0.635. The summed E-state index contributed by atoms with van der Waals surface area (Å²) in [4.78, 5) is 21.5. The van der Waals surface area contributed by atoms with Crippen LogP contribution in [0.15, 0.2) is 18.2 Å². The van der Waals surface area contributed by atoms with E-state index in [9.17, 15) is 22.8 Å². The van der Waals surface area contributed by atoms with Crippen LogP contribution in [0.5, 0.6) is 0 Å². The summed E-state index contributed by atoms with van der Waals surface area (Å²) in [5.74, 6) is -3.46. The molecule has 4 nitrogen and oxygen atoms in total. The zero-order valence-electron chi connectivity index (χ0n) is 8.08. The van der Waals surface area contributed by atoms with Crippen molar-refractivity contribution >= 4 is 11.8 Å². The number of halogens is 3. The lowest BCUT2D eigenvalue weighted by Crippen LogP contribution is -2.16. The molecule has 0 atom stereocenters. The fourth-order valence-electron chi connectivity index (χ4n) is 1.12. The van der Waals surface area contributed by atoms with Crippen LogP contribution in [-0.4, -0.2) is 16.9 Å². The number of nitrogens with zero attached hydrogens (tertiary/aromatic N) is 1. The van der Waals surface area contributed by atoms with Crippen molar-refractivity contribution in [2.24, 2.45) is 0 Å². The van der Waals surface area contributed by atoms with Gasteiger partial charge in [-0.05, 0) is 18.2 Å². The first-order chi connectivity index (χ1) is 7.77. The largest absolute Gasteiger partial charge is 0.475 e. The molecule has 0 radical (unpaired) electrons. The van der Waals surface area contributed by atoms with Crippen LogP contribution >= 0.6 is 0 Å². The summed E-state index contributed by atoms with van der Waals surface area (Å²) in [6.45, 7) is 0. The molecule has 0 aromatic heterocycles. The van der Waals surface area contributed by atoms with E-state index in [0.717, 1.165) is 6.07 Å². The smallest absolute Gasteiger partial charge is 0.416 e. The maximum Gasteiger partial charge on any atom is 0.416 e. The molecule has 0 unspecified atom stereocenters. The average Bonchev–Trinajstić information content (AvgIpc) is 2.25. The minimum absolute atomic E-state index is 0.356. The number of hydrogen-bond acceptors (Lipinski definition) is 3. The van der Waals surface area contributed by atoms with Crippen molar-refractivity contribution in [1.82, 2.24) is 0 Å². The van der Waals surface area contributed by atoms with Gasteiger partial charge < -0.3 is 5.11 Å². The first-order valence-electron chi connectivity index (χ1n) is 4.16. The Bertz CT molecular complexity index is 529. The number of alkyl halides is 3. The van der Waals surface area contributed by atoms with E-state index in [1.165, 1.54) is 6.07 Å². The molecule has 0 heterocycles. The van der Waals surface area contributed by atoms with Crippen LogP contribution in [0.25, 0.3) is 0 Å². The predicted molar refractivity (Wildman–Crippen MR) is 48.1 cm³/mol. The van der Waals surface area contributed by atoms with E-state index in [4.69, 9.17) is 10.4 Å². The number of carbonyl (C=O) groups excluding carboxylic acids is 1. The number of carboxylic acid groups (broad SMARTS) is 1. The molecule has 0 aliphatic rings. The molecule has 0 saturated carbocycles. The maximum absolute atomic E-state index is 12.3. The molecule has 0 aliphatic heterocycles. The van der Waals surface area contributed by atoms with E-state index in [1.54, 1.807) is 0 Å². The van der Waals surface area contributed by atoms with Gasteiger partial charge in [-0.25, -0.2) is 4.79 Å². The molecule has 1 aromatic rings. The fourth-order valence-corrected chi connectivity index (χ4v) is 1.12. The number of Topliss-reactive ketones (excluding diaryl/α,β-unsaturated/α-hetero) is 1. The van der Waals surface area contributed by atoms with E-state index in [0.29, 0.717) is 12.1 Å². The normalized spacial score (nSPS) is 10.7. The van der Waals surface area contributed by atoms with E-state index in [2.05, 4.69) is 0 Å². The number of nitriles is 1. The molecule has 1 N–H and O–H groups in total. The van der Waals surface area contributed by atoms with Crippen molar-refractivity contribution in [1.29, 1.82) is 5.26 Å².